The minimum atomic E-state index is -2.70. The lowest BCUT2D eigenvalue weighted by atomic mass is 9.57. The molecule has 0 aliphatic heterocycles. The number of nitrogens with two attached hydrogens (primary N) is 1. The van der Waals surface area contributed by atoms with Crippen molar-refractivity contribution in [3.8, 4) is 5.75 Å². The molecule has 1 fully saturated rings. The highest BCUT2D eigenvalue weighted by molar-refractivity contribution is 6.24. The quantitative estimate of drug-likeness (QED) is 0.276. The molecule has 1 aromatic rings. The fourth-order valence-electron chi connectivity index (χ4n) is 6.10. The van der Waals surface area contributed by atoms with Crippen molar-refractivity contribution in [3.05, 3.63) is 39.7 Å². The van der Waals surface area contributed by atoms with Gasteiger partial charge < -0.3 is 36.4 Å². The maximum absolute atomic E-state index is 13.9. The van der Waals surface area contributed by atoms with Crippen molar-refractivity contribution < 1.29 is 39.6 Å². The molecular weight excluding hydrogens is 496 g/mol. The number of anilines is 1. The maximum atomic E-state index is 13.9. The molecule has 0 spiro atoms. The number of nitrogens with one attached hydrogen (secondary N) is 1. The van der Waals surface area contributed by atoms with Gasteiger partial charge in [-0.15, -0.1) is 0 Å². The zero-order valence-corrected chi connectivity index (χ0v) is 21.8. The van der Waals surface area contributed by atoms with E-state index < -0.39 is 58.0 Å². The van der Waals surface area contributed by atoms with Gasteiger partial charge >= 0.3 is 0 Å². The van der Waals surface area contributed by atoms with Gasteiger partial charge in [-0.05, 0) is 44.5 Å². The second-order valence-corrected chi connectivity index (χ2v) is 10.5. The van der Waals surface area contributed by atoms with Gasteiger partial charge in [0.2, 0.25) is 11.7 Å². The summed E-state index contributed by atoms with van der Waals surface area (Å²) in [5.74, 6) is -7.36. The SMILES string of the molecule is CC(=O)NCc1cc(N(C)C)c2c(c1O)C(O)=C1C(=O)[C@]3(O)C(O)=C(C(N)=O)C(=O)C(N(C)C)[C@H]3C[C@@H]1C2. The molecule has 7 N–H and O–H groups in total. The van der Waals surface area contributed by atoms with Crippen molar-refractivity contribution in [2.75, 3.05) is 33.1 Å². The summed E-state index contributed by atoms with van der Waals surface area (Å²) < 4.78 is 0. The Labute approximate surface area is 219 Å². The van der Waals surface area contributed by atoms with E-state index in [1.54, 1.807) is 39.2 Å². The highest BCUT2D eigenvalue weighted by Gasteiger charge is 2.64. The number of Topliss-reactive ketones (excluding diaryl/α,β-unsaturated/α-hetero) is 2. The molecule has 3 aliphatic carbocycles. The first-order valence-electron chi connectivity index (χ1n) is 12.1. The molecule has 1 unspecified atom stereocenters. The van der Waals surface area contributed by atoms with Crippen LogP contribution in [0, 0.1) is 11.8 Å². The molecule has 0 radical (unpaired) electrons. The van der Waals surface area contributed by atoms with Crippen LogP contribution in [0.3, 0.4) is 0 Å². The Hall–Kier alpha value is -3.90. The number of aromatic hydroxyl groups is 1. The summed E-state index contributed by atoms with van der Waals surface area (Å²) in [7, 11) is 6.64. The third-order valence-electron chi connectivity index (χ3n) is 7.79. The third kappa shape index (κ3) is 3.74. The normalized spacial score (nSPS) is 26.7. The van der Waals surface area contributed by atoms with Gasteiger partial charge in [0, 0.05) is 50.3 Å². The number of likely N-dealkylation sites (N-methyl/N-ethyl adjacent to an activating group) is 1. The number of rotatable bonds is 5. The average molecular weight is 529 g/mol. The summed E-state index contributed by atoms with van der Waals surface area (Å²) in [6.45, 7) is 1.28. The molecule has 0 heterocycles. The summed E-state index contributed by atoms with van der Waals surface area (Å²) >= 11 is 0. The minimum absolute atomic E-state index is 0.00698. The Kier molecular flexibility index (Phi) is 6.53. The predicted octanol–water partition coefficient (Wildman–Crippen LogP) is -0.334. The Balaban J connectivity index is 1.97. The van der Waals surface area contributed by atoms with E-state index in [4.69, 9.17) is 5.73 Å². The number of primary amides is 1. The van der Waals surface area contributed by atoms with Crippen molar-refractivity contribution >= 4 is 34.8 Å². The first-order valence-corrected chi connectivity index (χ1v) is 12.1. The van der Waals surface area contributed by atoms with Crippen LogP contribution in [0.4, 0.5) is 5.69 Å². The molecular formula is C26H32N4O8. The lowest BCUT2D eigenvalue weighted by Crippen LogP contribution is -2.65. The van der Waals surface area contributed by atoms with Crippen molar-refractivity contribution in [1.82, 2.24) is 10.2 Å². The predicted molar refractivity (Wildman–Crippen MR) is 136 cm³/mol. The monoisotopic (exact) mass is 528 g/mol. The summed E-state index contributed by atoms with van der Waals surface area (Å²) in [6.07, 6.45) is 0.184. The Morgan fingerprint density at radius 3 is 2.32 bits per heavy atom. The van der Waals surface area contributed by atoms with Gasteiger partial charge in [0.25, 0.3) is 5.91 Å². The number of fused-ring (bicyclic) bond motifs is 3. The van der Waals surface area contributed by atoms with E-state index in [2.05, 4.69) is 5.32 Å². The largest absolute Gasteiger partial charge is 0.508 e. The van der Waals surface area contributed by atoms with Crippen LogP contribution in [-0.2, 0) is 32.1 Å². The van der Waals surface area contributed by atoms with Crippen molar-refractivity contribution in [1.29, 1.82) is 0 Å². The molecule has 4 rings (SSSR count). The number of aliphatic hydroxyl groups excluding tert-OH is 2. The third-order valence-corrected chi connectivity index (χ3v) is 7.79. The molecule has 0 bridgehead atoms. The summed E-state index contributed by atoms with van der Waals surface area (Å²) in [4.78, 5) is 53.9. The van der Waals surface area contributed by atoms with Crippen LogP contribution in [0.5, 0.6) is 5.75 Å². The number of carbonyl (C=O) groups excluding carboxylic acids is 4. The van der Waals surface area contributed by atoms with Crippen LogP contribution >= 0.6 is 0 Å². The lowest BCUT2D eigenvalue weighted by Gasteiger charge is -2.50. The highest BCUT2D eigenvalue weighted by Crippen LogP contribution is 2.54. The summed E-state index contributed by atoms with van der Waals surface area (Å²) in [6, 6.07) is 0.540. The number of benzene rings is 1. The van der Waals surface area contributed by atoms with E-state index in [1.165, 1.54) is 11.8 Å². The van der Waals surface area contributed by atoms with Crippen LogP contribution < -0.4 is 16.0 Å². The van der Waals surface area contributed by atoms with E-state index in [-0.39, 0.29) is 42.2 Å². The molecule has 3 aliphatic rings. The van der Waals surface area contributed by atoms with E-state index in [9.17, 15) is 39.6 Å². The van der Waals surface area contributed by atoms with Gasteiger partial charge in [0.05, 0.1) is 11.6 Å². The molecule has 1 aromatic carbocycles. The maximum Gasteiger partial charge on any atom is 0.255 e. The molecule has 1 saturated carbocycles. The number of amides is 2. The molecule has 2 amide bonds. The van der Waals surface area contributed by atoms with Crippen LogP contribution in [0.1, 0.15) is 30.0 Å². The number of phenols is 1. The van der Waals surface area contributed by atoms with Gasteiger partial charge in [0.15, 0.2) is 11.4 Å². The molecule has 4 atom stereocenters. The Morgan fingerprint density at radius 2 is 1.79 bits per heavy atom. The first kappa shape index (κ1) is 27.1. The number of ketones is 2. The van der Waals surface area contributed by atoms with E-state index in [1.807, 2.05) is 0 Å². The number of hydrogen-bond donors (Lipinski definition) is 6. The molecule has 0 aromatic heterocycles. The fraction of sp³-hybridized carbons (Fsp3) is 0.462. The highest BCUT2D eigenvalue weighted by atomic mass is 16.3. The molecule has 204 valence electrons. The fourth-order valence-corrected chi connectivity index (χ4v) is 6.10. The molecule has 0 saturated heterocycles. The summed E-state index contributed by atoms with van der Waals surface area (Å²) in [5.41, 5.74) is 3.02. The topological polar surface area (TPSA) is 194 Å². The zero-order chi connectivity index (χ0) is 28.4. The second-order valence-electron chi connectivity index (χ2n) is 10.5. The molecule has 38 heavy (non-hydrogen) atoms. The average Bonchev–Trinajstić information content (AvgIpc) is 2.80. The number of nitrogens with zero attached hydrogens (tertiary/aromatic N) is 2. The zero-order valence-electron chi connectivity index (χ0n) is 21.8. The van der Waals surface area contributed by atoms with Crippen LogP contribution in [0.2, 0.25) is 0 Å². The molecule has 12 heteroatoms. The van der Waals surface area contributed by atoms with E-state index in [0.29, 0.717) is 16.8 Å². The Morgan fingerprint density at radius 1 is 1.16 bits per heavy atom. The van der Waals surface area contributed by atoms with Gasteiger partial charge in [-0.25, -0.2) is 0 Å². The smallest absolute Gasteiger partial charge is 0.255 e. The lowest BCUT2D eigenvalue weighted by molar-refractivity contribution is -0.153. The van der Waals surface area contributed by atoms with E-state index >= 15 is 0 Å². The van der Waals surface area contributed by atoms with Crippen LogP contribution in [0.15, 0.2) is 23.0 Å². The number of hydrogen-bond acceptors (Lipinski definition) is 10. The Bertz CT molecular complexity index is 1340. The summed E-state index contributed by atoms with van der Waals surface area (Å²) in [5, 5.41) is 47.7. The first-order chi connectivity index (χ1) is 17.6. The van der Waals surface area contributed by atoms with Gasteiger partial charge in [-0.1, -0.05) is 0 Å². The molecule has 12 nitrogen and oxygen atoms in total. The second kappa shape index (κ2) is 9.14. The van der Waals surface area contributed by atoms with E-state index in [0.717, 1.165) is 0 Å². The van der Waals surface area contributed by atoms with Gasteiger partial charge in [-0.2, -0.15) is 0 Å². The van der Waals surface area contributed by atoms with Gasteiger partial charge in [0.1, 0.15) is 22.8 Å². The van der Waals surface area contributed by atoms with Crippen molar-refractivity contribution in [2.24, 2.45) is 17.6 Å². The minimum Gasteiger partial charge on any atom is -0.508 e. The standard InChI is InChI=1S/C26H32N4O8/c1-10(31)28-9-12-8-15(29(2)3)13-6-11-7-14-19(30(4)5)22(34)18(25(27)37)24(36)26(14,38)23(35)16(11)21(33)17(13)20(12)32/h8,11,14,19,32-33,36,38H,6-7,9H2,1-5H3,(H2,27,37)(H,28,31)/t11-,14+,19?,26-/m0/s1. The van der Waals surface area contributed by atoms with Crippen molar-refractivity contribution in [2.45, 2.75) is 38.0 Å². The van der Waals surface area contributed by atoms with Crippen LogP contribution in [-0.4, -0.2) is 88.5 Å². The number of carbonyl (C=O) groups is 4. The number of phenolic OH excluding ortho intramolecular Hbond substituents is 1. The van der Waals surface area contributed by atoms with Gasteiger partial charge in [-0.3, -0.25) is 24.1 Å². The van der Waals surface area contributed by atoms with Crippen molar-refractivity contribution in [3.63, 3.8) is 0 Å². The van der Waals surface area contributed by atoms with Crippen LogP contribution in [0.25, 0.3) is 5.76 Å². The number of aliphatic hydroxyl groups is 3.